The molecule has 1 N–H and O–H groups in total. The van der Waals surface area contributed by atoms with E-state index in [4.69, 9.17) is 0 Å². The third-order valence-electron chi connectivity index (χ3n) is 4.65. The minimum atomic E-state index is -1.01. The number of halogens is 2. The summed E-state index contributed by atoms with van der Waals surface area (Å²) in [6, 6.07) is 9.36. The molecule has 0 radical (unpaired) electrons. The van der Waals surface area contributed by atoms with Crippen LogP contribution in [0.4, 0.5) is 8.78 Å². The van der Waals surface area contributed by atoms with Crippen LogP contribution in [0, 0.1) is 11.6 Å². The minimum absolute atomic E-state index is 0.124. The first-order chi connectivity index (χ1) is 11.1. The normalized spacial score (nSPS) is 15.6. The Bertz CT molecular complexity index is 946. The number of rotatable bonds is 2. The molecule has 0 atom stereocenters. The van der Waals surface area contributed by atoms with E-state index >= 15 is 0 Å². The van der Waals surface area contributed by atoms with Crippen molar-refractivity contribution in [2.75, 3.05) is 0 Å². The van der Waals surface area contributed by atoms with E-state index < -0.39 is 17.5 Å². The molecule has 23 heavy (non-hydrogen) atoms. The van der Waals surface area contributed by atoms with E-state index in [9.17, 15) is 13.6 Å². The zero-order valence-corrected chi connectivity index (χ0v) is 12.5. The Morgan fingerprint density at radius 3 is 2.61 bits per heavy atom. The van der Waals surface area contributed by atoms with Crippen LogP contribution in [0.2, 0.25) is 0 Å². The SMILES string of the molecule is O=C(NC1=c2cccc3c2=C(CC1)CC3)c1ccc(F)c(F)c1. The summed E-state index contributed by atoms with van der Waals surface area (Å²) in [6.07, 6.45) is 3.86. The van der Waals surface area contributed by atoms with Crippen molar-refractivity contribution in [1.29, 1.82) is 0 Å². The van der Waals surface area contributed by atoms with E-state index in [0.717, 1.165) is 48.7 Å². The van der Waals surface area contributed by atoms with Crippen LogP contribution in [0.5, 0.6) is 0 Å². The highest BCUT2D eigenvalue weighted by Gasteiger charge is 2.20. The second-order valence-electron chi connectivity index (χ2n) is 6.00. The summed E-state index contributed by atoms with van der Waals surface area (Å²) in [5, 5.41) is 5.23. The maximum Gasteiger partial charge on any atom is 0.255 e. The Hall–Kier alpha value is -2.49. The lowest BCUT2D eigenvalue weighted by molar-refractivity contribution is 0.0971. The minimum Gasteiger partial charge on any atom is -0.325 e. The van der Waals surface area contributed by atoms with Gasteiger partial charge in [0.05, 0.1) is 0 Å². The van der Waals surface area contributed by atoms with Crippen molar-refractivity contribution in [2.24, 2.45) is 0 Å². The van der Waals surface area contributed by atoms with Gasteiger partial charge in [0.1, 0.15) is 0 Å². The molecular formula is C19H15F2NO. The fraction of sp³-hybridized carbons (Fsp3) is 0.211. The summed E-state index contributed by atoms with van der Waals surface area (Å²) < 4.78 is 26.3. The Balaban J connectivity index is 1.75. The van der Waals surface area contributed by atoms with Crippen LogP contribution < -0.4 is 15.8 Å². The summed E-state index contributed by atoms with van der Waals surface area (Å²) in [4.78, 5) is 12.3. The highest BCUT2D eigenvalue weighted by molar-refractivity contribution is 5.98. The van der Waals surface area contributed by atoms with Gasteiger partial charge in [0.15, 0.2) is 11.6 Å². The lowest BCUT2D eigenvalue weighted by Crippen LogP contribution is -2.38. The quantitative estimate of drug-likeness (QED) is 0.906. The second-order valence-corrected chi connectivity index (χ2v) is 6.00. The lowest BCUT2D eigenvalue weighted by Gasteiger charge is -2.15. The molecular weight excluding hydrogens is 296 g/mol. The first-order valence-electron chi connectivity index (χ1n) is 7.73. The first-order valence-corrected chi connectivity index (χ1v) is 7.73. The van der Waals surface area contributed by atoms with Gasteiger partial charge in [0, 0.05) is 16.5 Å². The number of nitrogens with one attached hydrogen (secondary N) is 1. The highest BCUT2D eigenvalue weighted by atomic mass is 19.2. The van der Waals surface area contributed by atoms with Crippen molar-refractivity contribution in [3.8, 4) is 0 Å². The summed E-state index contributed by atoms with van der Waals surface area (Å²) in [5.74, 6) is -2.37. The van der Waals surface area contributed by atoms with Gasteiger partial charge >= 0.3 is 0 Å². The Kier molecular flexibility index (Phi) is 3.26. The topological polar surface area (TPSA) is 29.1 Å². The van der Waals surface area contributed by atoms with Gasteiger partial charge < -0.3 is 5.32 Å². The van der Waals surface area contributed by atoms with Crippen LogP contribution in [-0.2, 0) is 6.42 Å². The average molecular weight is 311 g/mol. The van der Waals surface area contributed by atoms with Gasteiger partial charge in [-0.1, -0.05) is 23.8 Å². The van der Waals surface area contributed by atoms with Crippen LogP contribution >= 0.6 is 0 Å². The van der Waals surface area contributed by atoms with Crippen molar-refractivity contribution < 1.29 is 13.6 Å². The van der Waals surface area contributed by atoms with Crippen LogP contribution in [0.15, 0.2) is 36.4 Å². The standard InChI is InChI=1S/C19H15F2NO/c20-15-8-6-13(10-16(15)21)19(23)22-17-9-7-12-5-4-11-2-1-3-14(17)18(11)12/h1-3,6,8,10H,4-5,7,9H2,(H,22,23). The summed E-state index contributed by atoms with van der Waals surface area (Å²) in [6.45, 7) is 0. The predicted molar refractivity (Wildman–Crippen MR) is 83.9 cm³/mol. The molecule has 2 aliphatic rings. The van der Waals surface area contributed by atoms with Gasteiger partial charge in [-0.25, -0.2) is 8.78 Å². The Morgan fingerprint density at radius 1 is 0.957 bits per heavy atom. The number of amides is 1. The van der Waals surface area contributed by atoms with E-state index in [1.54, 1.807) is 0 Å². The fourth-order valence-corrected chi connectivity index (χ4v) is 3.52. The molecule has 0 bridgehead atoms. The van der Waals surface area contributed by atoms with Crippen LogP contribution in [0.1, 0.15) is 35.2 Å². The summed E-state index contributed by atoms with van der Waals surface area (Å²) in [7, 11) is 0. The molecule has 0 heterocycles. The average Bonchev–Trinajstić information content (AvgIpc) is 2.97. The first kappa shape index (κ1) is 14.1. The van der Waals surface area contributed by atoms with Crippen molar-refractivity contribution in [2.45, 2.75) is 25.7 Å². The van der Waals surface area contributed by atoms with Crippen LogP contribution in [0.25, 0.3) is 11.3 Å². The smallest absolute Gasteiger partial charge is 0.255 e. The van der Waals surface area contributed by atoms with Gasteiger partial charge in [-0.15, -0.1) is 0 Å². The number of carbonyl (C=O) groups is 1. The van der Waals surface area contributed by atoms with Gasteiger partial charge in [-0.2, -0.15) is 0 Å². The number of aryl methyl sites for hydroxylation is 1. The molecule has 0 fully saturated rings. The maximum atomic E-state index is 13.3. The van der Waals surface area contributed by atoms with E-state index in [2.05, 4.69) is 11.4 Å². The Labute approximate surface area is 132 Å². The lowest BCUT2D eigenvalue weighted by atomic mass is 9.98. The molecule has 4 rings (SSSR count). The fourth-order valence-electron chi connectivity index (χ4n) is 3.52. The van der Waals surface area contributed by atoms with E-state index in [1.807, 2.05) is 12.1 Å². The number of benzene rings is 2. The molecule has 0 aliphatic heterocycles. The largest absolute Gasteiger partial charge is 0.325 e. The summed E-state index contributed by atoms with van der Waals surface area (Å²) >= 11 is 0. The predicted octanol–water partition coefficient (Wildman–Crippen LogP) is 2.39. The van der Waals surface area contributed by atoms with Crippen molar-refractivity contribution in [1.82, 2.24) is 5.32 Å². The number of hydrogen-bond donors (Lipinski definition) is 1. The monoisotopic (exact) mass is 311 g/mol. The third-order valence-corrected chi connectivity index (χ3v) is 4.65. The molecule has 0 saturated carbocycles. The van der Waals surface area contributed by atoms with Crippen molar-refractivity contribution in [3.05, 3.63) is 69.6 Å². The molecule has 2 aromatic rings. The molecule has 2 aliphatic carbocycles. The molecule has 0 aromatic heterocycles. The zero-order chi connectivity index (χ0) is 16.0. The van der Waals surface area contributed by atoms with E-state index in [1.165, 1.54) is 22.4 Å². The number of hydrogen-bond acceptors (Lipinski definition) is 1. The van der Waals surface area contributed by atoms with Crippen LogP contribution in [0.3, 0.4) is 0 Å². The Morgan fingerprint density at radius 2 is 1.78 bits per heavy atom. The third kappa shape index (κ3) is 2.34. The van der Waals surface area contributed by atoms with Gasteiger partial charge in [0.2, 0.25) is 0 Å². The molecule has 0 unspecified atom stereocenters. The molecule has 4 heteroatoms. The molecule has 1 amide bonds. The van der Waals surface area contributed by atoms with E-state index in [0.29, 0.717) is 0 Å². The van der Waals surface area contributed by atoms with Crippen molar-refractivity contribution in [3.63, 3.8) is 0 Å². The maximum absolute atomic E-state index is 13.3. The van der Waals surface area contributed by atoms with Crippen molar-refractivity contribution >= 4 is 17.2 Å². The molecule has 0 saturated heterocycles. The molecule has 0 spiro atoms. The van der Waals surface area contributed by atoms with Crippen LogP contribution in [-0.4, -0.2) is 5.91 Å². The van der Waals surface area contributed by atoms with E-state index in [-0.39, 0.29) is 5.56 Å². The molecule has 2 aromatic carbocycles. The van der Waals surface area contributed by atoms with Gasteiger partial charge in [0.25, 0.3) is 5.91 Å². The van der Waals surface area contributed by atoms with Gasteiger partial charge in [-0.3, -0.25) is 4.79 Å². The highest BCUT2D eigenvalue weighted by Crippen LogP contribution is 2.23. The summed E-state index contributed by atoms with van der Waals surface area (Å²) in [5.41, 5.74) is 3.78. The zero-order valence-electron chi connectivity index (χ0n) is 12.5. The second kappa shape index (κ2) is 5.30. The molecule has 2 nitrogen and oxygen atoms in total. The molecule has 116 valence electrons. The van der Waals surface area contributed by atoms with Gasteiger partial charge in [-0.05, 0) is 54.7 Å². The number of carbonyl (C=O) groups excluding carboxylic acids is 1.